The van der Waals surface area contributed by atoms with Crippen LogP contribution in [0.25, 0.3) is 5.69 Å². The maximum Gasteiger partial charge on any atom is 0.337 e. The number of nitrogens with one attached hydrogen (secondary N) is 1. The van der Waals surface area contributed by atoms with Gasteiger partial charge in [0.1, 0.15) is 0 Å². The van der Waals surface area contributed by atoms with Crippen LogP contribution in [-0.4, -0.2) is 27.7 Å². The van der Waals surface area contributed by atoms with E-state index in [9.17, 15) is 4.79 Å². The Balaban J connectivity index is 1.62. The summed E-state index contributed by atoms with van der Waals surface area (Å²) in [5.74, 6) is -0.346. The zero-order valence-electron chi connectivity index (χ0n) is 21.4. The van der Waals surface area contributed by atoms with Gasteiger partial charge in [0.25, 0.3) is 0 Å². The van der Waals surface area contributed by atoms with Crippen LogP contribution in [0.3, 0.4) is 0 Å². The van der Waals surface area contributed by atoms with E-state index in [1.807, 2.05) is 36.5 Å². The topological polar surface area (TPSA) is 59.4 Å². The second-order valence-electron chi connectivity index (χ2n) is 9.22. The smallest absolute Gasteiger partial charge is 0.337 e. The fourth-order valence-electron chi connectivity index (χ4n) is 5.19. The van der Waals surface area contributed by atoms with Crippen LogP contribution >= 0.6 is 12.2 Å². The molecular weight excluding hydrogens is 480 g/mol. The molecule has 4 aromatic rings. The third-order valence-corrected chi connectivity index (χ3v) is 7.37. The minimum absolute atomic E-state index is 0.0934. The van der Waals surface area contributed by atoms with Crippen molar-refractivity contribution in [2.24, 2.45) is 0 Å². The molecule has 2 atom stereocenters. The Morgan fingerprint density at radius 3 is 2.35 bits per heavy atom. The van der Waals surface area contributed by atoms with Gasteiger partial charge in [-0.15, -0.1) is 0 Å². The molecule has 0 spiro atoms. The molecule has 3 heterocycles. The van der Waals surface area contributed by atoms with Gasteiger partial charge in [-0.1, -0.05) is 25.1 Å². The fourth-order valence-corrected chi connectivity index (χ4v) is 5.54. The average molecular weight is 511 g/mol. The van der Waals surface area contributed by atoms with Crippen molar-refractivity contribution in [3.05, 3.63) is 113 Å². The van der Waals surface area contributed by atoms with Crippen LogP contribution in [0.5, 0.6) is 0 Å². The third kappa shape index (κ3) is 4.51. The van der Waals surface area contributed by atoms with Gasteiger partial charge in [0.2, 0.25) is 0 Å². The summed E-state index contributed by atoms with van der Waals surface area (Å²) in [6, 6.07) is 24.1. The molecule has 1 fully saturated rings. The standard InChI is InChI=1S/C30H30N4O2S/c1-5-21-9-13-24(14-10-21)34-28(27(32-30(34)37)26-8-6-7-17-31-26)25-18-19(2)33(20(25)3)23-15-11-22(12-16-23)29(35)36-4/h6-18,27-28H,5H2,1-4H3,(H,32,37)/t27-,28+/m1/s1. The number of pyridine rings is 1. The molecule has 2 aromatic carbocycles. The number of anilines is 1. The molecule has 0 bridgehead atoms. The van der Waals surface area contributed by atoms with Gasteiger partial charge in [-0.3, -0.25) is 4.98 Å². The number of rotatable bonds is 6. The molecule has 0 radical (unpaired) electrons. The van der Waals surface area contributed by atoms with Crippen molar-refractivity contribution >= 4 is 29.0 Å². The Bertz CT molecular complexity index is 1430. The molecule has 37 heavy (non-hydrogen) atoms. The highest BCUT2D eigenvalue weighted by molar-refractivity contribution is 7.80. The summed E-state index contributed by atoms with van der Waals surface area (Å²) in [6.45, 7) is 6.39. The minimum atomic E-state index is -0.346. The lowest BCUT2D eigenvalue weighted by molar-refractivity contribution is 0.0600. The molecule has 1 N–H and O–H groups in total. The van der Waals surface area contributed by atoms with Gasteiger partial charge >= 0.3 is 5.97 Å². The van der Waals surface area contributed by atoms with E-state index in [4.69, 9.17) is 17.0 Å². The first-order valence-electron chi connectivity index (χ1n) is 12.4. The first-order chi connectivity index (χ1) is 17.9. The van der Waals surface area contributed by atoms with Crippen LogP contribution < -0.4 is 10.2 Å². The molecule has 1 saturated heterocycles. The fraction of sp³-hybridized carbons (Fsp3) is 0.233. The van der Waals surface area contributed by atoms with Gasteiger partial charge in [0.15, 0.2) is 5.11 Å². The number of nitrogens with zero attached hydrogens (tertiary/aromatic N) is 3. The molecule has 5 rings (SSSR count). The highest BCUT2D eigenvalue weighted by Crippen LogP contribution is 2.43. The Morgan fingerprint density at radius 2 is 1.73 bits per heavy atom. The van der Waals surface area contributed by atoms with E-state index in [1.54, 1.807) is 12.1 Å². The quantitative estimate of drug-likeness (QED) is 0.253. The number of hydrogen-bond donors (Lipinski definition) is 1. The molecule has 188 valence electrons. The summed E-state index contributed by atoms with van der Waals surface area (Å²) in [5.41, 5.74) is 8.14. The number of carbonyl (C=O) groups excluding carboxylic acids is 1. The number of aryl methyl sites for hydroxylation is 2. The number of methoxy groups -OCH3 is 1. The number of benzene rings is 2. The number of aromatic nitrogens is 2. The Hall–Kier alpha value is -3.97. The van der Waals surface area contributed by atoms with Gasteiger partial charge < -0.3 is 19.5 Å². The molecule has 1 aliphatic rings. The summed E-state index contributed by atoms with van der Waals surface area (Å²) < 4.78 is 7.07. The molecular formula is C30H30N4O2S. The van der Waals surface area contributed by atoms with Crippen LogP contribution in [-0.2, 0) is 11.2 Å². The highest BCUT2D eigenvalue weighted by atomic mass is 32.1. The average Bonchev–Trinajstić information content (AvgIpc) is 3.43. The second-order valence-corrected chi connectivity index (χ2v) is 9.60. The molecule has 7 heteroatoms. The first-order valence-corrected chi connectivity index (χ1v) is 12.8. The second kappa shape index (κ2) is 10.2. The minimum Gasteiger partial charge on any atom is -0.465 e. The summed E-state index contributed by atoms with van der Waals surface area (Å²) in [6.07, 6.45) is 2.81. The first kappa shape index (κ1) is 24.7. The zero-order valence-corrected chi connectivity index (χ0v) is 22.3. The lowest BCUT2D eigenvalue weighted by Crippen LogP contribution is -2.29. The molecule has 0 saturated carbocycles. The van der Waals surface area contributed by atoms with Crippen LogP contribution in [0.4, 0.5) is 5.69 Å². The molecule has 2 aromatic heterocycles. The van der Waals surface area contributed by atoms with E-state index in [1.165, 1.54) is 12.7 Å². The van der Waals surface area contributed by atoms with E-state index in [0.29, 0.717) is 10.7 Å². The summed E-state index contributed by atoms with van der Waals surface area (Å²) in [5, 5.41) is 4.23. The van der Waals surface area contributed by atoms with Crippen LogP contribution in [0, 0.1) is 13.8 Å². The van der Waals surface area contributed by atoms with Crippen molar-refractivity contribution in [3.63, 3.8) is 0 Å². The predicted octanol–water partition coefficient (Wildman–Crippen LogP) is 6.02. The number of carbonyl (C=O) groups is 1. The highest BCUT2D eigenvalue weighted by Gasteiger charge is 2.42. The number of esters is 1. The van der Waals surface area contributed by atoms with Crippen LogP contribution in [0.15, 0.2) is 79.0 Å². The number of hydrogen-bond acceptors (Lipinski definition) is 4. The van der Waals surface area contributed by atoms with Crippen LogP contribution in [0.2, 0.25) is 0 Å². The number of thiocarbonyl (C=S) groups is 1. The van der Waals surface area contributed by atoms with E-state index in [2.05, 4.69) is 70.9 Å². The van der Waals surface area contributed by atoms with Crippen molar-refractivity contribution in [1.29, 1.82) is 0 Å². The van der Waals surface area contributed by atoms with Crippen LogP contribution in [0.1, 0.15) is 57.6 Å². The Morgan fingerprint density at radius 1 is 1.03 bits per heavy atom. The Labute approximate surface area is 222 Å². The number of ether oxygens (including phenoxy) is 1. The van der Waals surface area contributed by atoms with Crippen molar-refractivity contribution in [2.45, 2.75) is 39.3 Å². The molecule has 6 nitrogen and oxygen atoms in total. The SMILES string of the molecule is CCc1ccc(N2C(=S)N[C@H](c3ccccn3)[C@@H]2c2cc(C)n(-c3ccc(C(=O)OC)cc3)c2C)cc1. The third-order valence-electron chi connectivity index (χ3n) is 7.06. The summed E-state index contributed by atoms with van der Waals surface area (Å²) in [7, 11) is 1.39. The maximum absolute atomic E-state index is 11.9. The lowest BCUT2D eigenvalue weighted by atomic mass is 9.96. The molecule has 0 aliphatic carbocycles. The van der Waals surface area contributed by atoms with Gasteiger partial charge in [-0.25, -0.2) is 4.79 Å². The van der Waals surface area contributed by atoms with Crippen molar-refractivity contribution in [1.82, 2.24) is 14.9 Å². The zero-order chi connectivity index (χ0) is 26.1. The molecule has 0 unspecified atom stereocenters. The molecule has 0 amide bonds. The largest absolute Gasteiger partial charge is 0.465 e. The van der Waals surface area contributed by atoms with Gasteiger partial charge in [0, 0.05) is 29.0 Å². The van der Waals surface area contributed by atoms with Crippen molar-refractivity contribution in [2.75, 3.05) is 12.0 Å². The summed E-state index contributed by atoms with van der Waals surface area (Å²) >= 11 is 5.90. The normalized spacial score (nSPS) is 17.1. The van der Waals surface area contributed by atoms with E-state index in [0.717, 1.165) is 40.4 Å². The van der Waals surface area contributed by atoms with Gasteiger partial charge in [0.05, 0.1) is 30.5 Å². The van der Waals surface area contributed by atoms with E-state index in [-0.39, 0.29) is 18.1 Å². The summed E-state index contributed by atoms with van der Waals surface area (Å²) in [4.78, 5) is 18.8. The van der Waals surface area contributed by atoms with Crippen molar-refractivity contribution in [3.8, 4) is 5.69 Å². The monoisotopic (exact) mass is 510 g/mol. The Kier molecular flexibility index (Phi) is 6.80. The molecule has 1 aliphatic heterocycles. The predicted molar refractivity (Wildman–Crippen MR) is 150 cm³/mol. The van der Waals surface area contributed by atoms with Gasteiger partial charge in [-0.05, 0) is 98.2 Å². The maximum atomic E-state index is 11.9. The van der Waals surface area contributed by atoms with E-state index < -0.39 is 0 Å². The van der Waals surface area contributed by atoms with Gasteiger partial charge in [-0.2, -0.15) is 0 Å². The van der Waals surface area contributed by atoms with Crippen molar-refractivity contribution < 1.29 is 9.53 Å². The lowest BCUT2D eigenvalue weighted by Gasteiger charge is -2.28. The van der Waals surface area contributed by atoms with E-state index >= 15 is 0 Å².